The lowest BCUT2D eigenvalue weighted by atomic mass is 10.1. The molecule has 2 unspecified atom stereocenters. The van der Waals surface area contributed by atoms with Crippen LogP contribution in [-0.4, -0.2) is 55.8 Å². The third kappa shape index (κ3) is 5.81. The van der Waals surface area contributed by atoms with Crippen molar-refractivity contribution in [2.24, 2.45) is 0 Å². The number of nitrogens with zero attached hydrogens (tertiary/aromatic N) is 2. The molecule has 2 aromatic carbocycles. The predicted octanol–water partition coefficient (Wildman–Crippen LogP) is 6.04. The molecule has 7 heteroatoms. The average Bonchev–Trinajstić information content (AvgIpc) is 2.96. The van der Waals surface area contributed by atoms with Crippen molar-refractivity contribution < 1.29 is 14.3 Å². The summed E-state index contributed by atoms with van der Waals surface area (Å²) in [6, 6.07) is 15.4. The molecular formula is C25H34N2O3S2. The zero-order chi connectivity index (χ0) is 23.1. The van der Waals surface area contributed by atoms with Crippen molar-refractivity contribution in [3.05, 3.63) is 42.5 Å². The van der Waals surface area contributed by atoms with Crippen LogP contribution >= 0.6 is 23.7 Å². The van der Waals surface area contributed by atoms with E-state index in [9.17, 15) is 4.79 Å². The Kier molecular flexibility index (Phi) is 8.94. The molecule has 0 radical (unpaired) electrons. The molecule has 0 aromatic heterocycles. The Hall–Kier alpha value is -1.67. The number of para-hydroxylation sites is 1. The van der Waals surface area contributed by atoms with E-state index >= 15 is 0 Å². The zero-order valence-electron chi connectivity index (χ0n) is 19.7. The van der Waals surface area contributed by atoms with Crippen LogP contribution in [0, 0.1) is 0 Å². The van der Waals surface area contributed by atoms with Crippen molar-refractivity contribution >= 4 is 41.4 Å². The number of carbonyl (C=O) groups excluding carboxylic acids is 1. The highest BCUT2D eigenvalue weighted by molar-refractivity contribution is 7.98. The Bertz CT molecular complexity index is 896. The van der Waals surface area contributed by atoms with Gasteiger partial charge < -0.3 is 14.4 Å². The van der Waals surface area contributed by atoms with Crippen molar-refractivity contribution in [1.29, 1.82) is 0 Å². The number of hydrogen-bond donors (Lipinski definition) is 0. The van der Waals surface area contributed by atoms with Gasteiger partial charge in [-0.05, 0) is 62.9 Å². The van der Waals surface area contributed by atoms with E-state index in [0.717, 1.165) is 34.8 Å². The Morgan fingerprint density at radius 2 is 2.03 bits per heavy atom. The molecule has 174 valence electrons. The second-order valence-electron chi connectivity index (χ2n) is 8.27. The first-order chi connectivity index (χ1) is 15.4. The first-order valence-electron chi connectivity index (χ1n) is 11.0. The minimum atomic E-state index is -0.965. The Morgan fingerprint density at radius 3 is 2.66 bits per heavy atom. The predicted molar refractivity (Wildman–Crippen MR) is 136 cm³/mol. The Balaban J connectivity index is 2.02. The maximum Gasteiger partial charge on any atom is 0.155 e. The van der Waals surface area contributed by atoms with E-state index in [2.05, 4.69) is 71.9 Å². The fourth-order valence-corrected chi connectivity index (χ4v) is 5.27. The number of aldehydes is 1. The number of anilines is 2. The van der Waals surface area contributed by atoms with E-state index in [0.29, 0.717) is 6.04 Å². The highest BCUT2D eigenvalue weighted by Gasteiger charge is 2.29. The van der Waals surface area contributed by atoms with E-state index in [1.807, 2.05) is 0 Å². The summed E-state index contributed by atoms with van der Waals surface area (Å²) in [6.07, 6.45) is 6.41. The molecule has 3 rings (SSSR count). The number of carbonyl (C=O) groups is 1. The summed E-state index contributed by atoms with van der Waals surface area (Å²) in [7, 11) is 3.71. The van der Waals surface area contributed by atoms with Crippen molar-refractivity contribution in [3.8, 4) is 5.75 Å². The van der Waals surface area contributed by atoms with Crippen molar-refractivity contribution in [2.45, 2.75) is 54.5 Å². The van der Waals surface area contributed by atoms with Crippen molar-refractivity contribution in [2.75, 3.05) is 38.5 Å². The summed E-state index contributed by atoms with van der Waals surface area (Å²) in [5.41, 5.74) is 1.42. The molecule has 0 aliphatic carbocycles. The Labute approximate surface area is 201 Å². The summed E-state index contributed by atoms with van der Waals surface area (Å²) in [4.78, 5) is 16.1. The summed E-state index contributed by atoms with van der Waals surface area (Å²) in [5.74, 6) is 0.780. The number of methoxy groups -OCH3 is 1. The molecule has 2 atom stereocenters. The van der Waals surface area contributed by atoms with Gasteiger partial charge in [0.15, 0.2) is 11.9 Å². The molecule has 0 saturated heterocycles. The molecule has 1 heterocycles. The Morgan fingerprint density at radius 1 is 1.28 bits per heavy atom. The minimum absolute atomic E-state index is 0.168. The molecule has 0 saturated carbocycles. The maximum absolute atomic E-state index is 11.4. The molecule has 1 aliphatic heterocycles. The monoisotopic (exact) mass is 474 g/mol. The van der Waals surface area contributed by atoms with Gasteiger partial charge in [-0.15, -0.1) is 11.8 Å². The summed E-state index contributed by atoms with van der Waals surface area (Å²) in [5, 5.41) is 0. The third-order valence-corrected chi connectivity index (χ3v) is 7.74. The van der Waals surface area contributed by atoms with E-state index in [-0.39, 0.29) is 6.61 Å². The van der Waals surface area contributed by atoms with Gasteiger partial charge in [0, 0.05) is 25.4 Å². The summed E-state index contributed by atoms with van der Waals surface area (Å²) < 4.78 is 13.8. The van der Waals surface area contributed by atoms with E-state index in [1.165, 1.54) is 31.3 Å². The maximum atomic E-state index is 11.4. The molecule has 5 nitrogen and oxygen atoms in total. The fourth-order valence-electron chi connectivity index (χ4n) is 3.67. The van der Waals surface area contributed by atoms with Crippen LogP contribution in [0.25, 0.3) is 0 Å². The van der Waals surface area contributed by atoms with Crippen molar-refractivity contribution in [3.63, 3.8) is 0 Å². The number of thioether (sulfide) groups is 1. The largest absolute Gasteiger partial charge is 0.489 e. The fraction of sp³-hybridized carbons (Fsp3) is 0.480. The highest BCUT2D eigenvalue weighted by atomic mass is 32.2. The van der Waals surface area contributed by atoms with Gasteiger partial charge in [-0.1, -0.05) is 38.0 Å². The van der Waals surface area contributed by atoms with Crippen LogP contribution in [0.2, 0.25) is 0 Å². The van der Waals surface area contributed by atoms with Crippen LogP contribution in [0.5, 0.6) is 5.75 Å². The topological polar surface area (TPSA) is 42.0 Å². The van der Waals surface area contributed by atoms with Crippen LogP contribution in [0.3, 0.4) is 0 Å². The molecule has 0 spiro atoms. The van der Waals surface area contributed by atoms with Crippen LogP contribution < -0.4 is 9.64 Å². The lowest BCUT2D eigenvalue weighted by Gasteiger charge is -2.30. The van der Waals surface area contributed by atoms with Crippen LogP contribution in [0.1, 0.15) is 33.1 Å². The van der Waals surface area contributed by atoms with Gasteiger partial charge in [-0.2, -0.15) is 0 Å². The second-order valence-corrected chi connectivity index (χ2v) is 10.3. The highest BCUT2D eigenvalue weighted by Crippen LogP contribution is 2.45. The number of ether oxygens (including phenoxy) is 2. The molecular weight excluding hydrogens is 440 g/mol. The number of likely N-dealkylation sites (N-methyl/N-ethyl adjacent to an activating group) is 1. The van der Waals surface area contributed by atoms with E-state index < -0.39 is 5.60 Å². The molecule has 0 fully saturated rings. The standard InChI is InChI=1S/C25H34N2O3S2/c1-6-7-11-20-16-27(19-12-9-8-10-13-19)21-14-24(31-5)22(15-23(21)32-26(20)3)30-18-25(2,17-28)29-4/h8-10,12-15,17,20H,6-7,11,16,18H2,1-5H3. The number of hydrogen-bond acceptors (Lipinski definition) is 7. The normalized spacial score (nSPS) is 18.5. The van der Waals surface area contributed by atoms with Gasteiger partial charge in [0.25, 0.3) is 0 Å². The van der Waals surface area contributed by atoms with Gasteiger partial charge in [-0.25, -0.2) is 4.31 Å². The van der Waals surface area contributed by atoms with Gasteiger partial charge in [0.2, 0.25) is 0 Å². The molecule has 1 aliphatic rings. The quantitative estimate of drug-likeness (QED) is 0.236. The molecule has 32 heavy (non-hydrogen) atoms. The van der Waals surface area contributed by atoms with Gasteiger partial charge >= 0.3 is 0 Å². The van der Waals surface area contributed by atoms with E-state index in [4.69, 9.17) is 9.47 Å². The average molecular weight is 475 g/mol. The lowest BCUT2D eigenvalue weighted by Crippen LogP contribution is -2.36. The first-order valence-corrected chi connectivity index (χ1v) is 13.0. The van der Waals surface area contributed by atoms with Gasteiger partial charge in [-0.3, -0.25) is 4.79 Å². The van der Waals surface area contributed by atoms with Crippen LogP contribution in [0.4, 0.5) is 11.4 Å². The SMILES string of the molecule is CCCCC1CN(c2ccccc2)c2cc(SC)c(OCC(C)(C=O)OC)cc2SN1C. The lowest BCUT2D eigenvalue weighted by molar-refractivity contribution is -0.129. The van der Waals surface area contributed by atoms with Crippen LogP contribution in [0.15, 0.2) is 52.3 Å². The second kappa shape index (κ2) is 11.5. The zero-order valence-corrected chi connectivity index (χ0v) is 21.3. The molecule has 2 aromatic rings. The van der Waals surface area contributed by atoms with E-state index in [1.54, 1.807) is 30.6 Å². The van der Waals surface area contributed by atoms with Gasteiger partial charge in [0.05, 0.1) is 15.5 Å². The molecule has 0 bridgehead atoms. The number of benzene rings is 2. The number of fused-ring (bicyclic) bond motifs is 1. The minimum Gasteiger partial charge on any atom is -0.489 e. The smallest absolute Gasteiger partial charge is 0.155 e. The molecule has 0 amide bonds. The number of unbranched alkanes of at least 4 members (excludes halogenated alkanes) is 1. The number of rotatable bonds is 10. The molecule has 0 N–H and O–H groups in total. The first kappa shape index (κ1) is 25.0. The summed E-state index contributed by atoms with van der Waals surface area (Å²) >= 11 is 3.42. The third-order valence-electron chi connectivity index (χ3n) is 5.87. The van der Waals surface area contributed by atoms with Gasteiger partial charge in [0.1, 0.15) is 12.4 Å². The van der Waals surface area contributed by atoms with Crippen molar-refractivity contribution in [1.82, 2.24) is 4.31 Å². The summed E-state index contributed by atoms with van der Waals surface area (Å²) in [6.45, 7) is 5.08. The van der Waals surface area contributed by atoms with Crippen LogP contribution in [-0.2, 0) is 9.53 Å².